The molecule has 6 rings (SSSR count). The van der Waals surface area contributed by atoms with Crippen molar-refractivity contribution in [3.05, 3.63) is 65.2 Å². The van der Waals surface area contributed by atoms with Crippen molar-refractivity contribution < 1.29 is 9.90 Å². The van der Waals surface area contributed by atoms with Gasteiger partial charge in [0.05, 0.1) is 0 Å². The molecular formula is C29H37N3O2. The fourth-order valence-corrected chi connectivity index (χ4v) is 9.21. The van der Waals surface area contributed by atoms with E-state index in [0.29, 0.717) is 30.2 Å². The fourth-order valence-electron chi connectivity index (χ4n) is 9.21. The standard InChI is InChI=1S/C29H37N3O2/c1-19-28-12-10-24(26(11-13-28)31(2)27(34)20-6-4-3-5-7-20)29(28)22(18-32(19)15-14-30)16-21-8-9-23(33)17-25(21)29/h3-9,17,19,22,24,26,33H,10-16,18,30H2,1-2H3. The minimum atomic E-state index is 0.0136. The van der Waals surface area contributed by atoms with Crippen molar-refractivity contribution in [1.29, 1.82) is 0 Å². The lowest BCUT2D eigenvalue weighted by Crippen LogP contribution is -2.69. The molecule has 1 saturated heterocycles. The molecule has 180 valence electrons. The first-order chi connectivity index (χ1) is 16.4. The number of nitrogens with zero attached hydrogens (tertiary/aromatic N) is 2. The van der Waals surface area contributed by atoms with E-state index in [-0.39, 0.29) is 22.8 Å². The molecule has 0 radical (unpaired) electrons. The number of amides is 1. The lowest BCUT2D eigenvalue weighted by Gasteiger charge is -2.65. The van der Waals surface area contributed by atoms with E-state index in [9.17, 15) is 9.90 Å². The van der Waals surface area contributed by atoms with Crippen LogP contribution in [-0.2, 0) is 11.8 Å². The van der Waals surface area contributed by atoms with Gasteiger partial charge in [-0.2, -0.15) is 0 Å². The van der Waals surface area contributed by atoms with E-state index in [1.54, 1.807) is 0 Å². The average molecular weight is 460 g/mol. The van der Waals surface area contributed by atoms with Crippen molar-refractivity contribution in [2.24, 2.45) is 23.0 Å². The number of aromatic hydroxyl groups is 1. The van der Waals surface area contributed by atoms with Crippen molar-refractivity contribution in [2.75, 3.05) is 26.7 Å². The first-order valence-electron chi connectivity index (χ1n) is 13.0. The first kappa shape index (κ1) is 22.1. The van der Waals surface area contributed by atoms with Crippen LogP contribution in [0, 0.1) is 17.3 Å². The summed E-state index contributed by atoms with van der Waals surface area (Å²) in [5, 5.41) is 10.6. The molecule has 3 aliphatic carbocycles. The molecule has 1 amide bonds. The highest BCUT2D eigenvalue weighted by atomic mass is 16.3. The molecule has 3 N–H and O–H groups in total. The Morgan fingerprint density at radius 2 is 1.94 bits per heavy atom. The van der Waals surface area contributed by atoms with Crippen LogP contribution >= 0.6 is 0 Å². The number of benzene rings is 2. The number of fused-ring (bicyclic) bond motifs is 1. The maximum Gasteiger partial charge on any atom is 0.253 e. The van der Waals surface area contributed by atoms with Crippen LogP contribution in [0.4, 0.5) is 0 Å². The van der Waals surface area contributed by atoms with Crippen molar-refractivity contribution >= 4 is 5.91 Å². The zero-order chi connectivity index (χ0) is 23.7. The summed E-state index contributed by atoms with van der Waals surface area (Å²) < 4.78 is 0. The summed E-state index contributed by atoms with van der Waals surface area (Å²) >= 11 is 0. The smallest absolute Gasteiger partial charge is 0.253 e. The third-order valence-corrected chi connectivity index (χ3v) is 10.4. The predicted molar refractivity (Wildman–Crippen MR) is 134 cm³/mol. The minimum absolute atomic E-state index is 0.0136. The van der Waals surface area contributed by atoms with Crippen LogP contribution in [0.1, 0.15) is 54.1 Å². The van der Waals surface area contributed by atoms with Gasteiger partial charge in [0.25, 0.3) is 5.91 Å². The van der Waals surface area contributed by atoms with Crippen molar-refractivity contribution in [2.45, 2.75) is 56.5 Å². The summed E-state index contributed by atoms with van der Waals surface area (Å²) in [5.41, 5.74) is 9.79. The number of nitrogens with two attached hydrogens (primary N) is 1. The summed E-state index contributed by atoms with van der Waals surface area (Å²) in [7, 11) is 2.02. The van der Waals surface area contributed by atoms with E-state index < -0.39 is 0 Å². The summed E-state index contributed by atoms with van der Waals surface area (Å²) in [6.45, 7) is 5.11. The average Bonchev–Trinajstić information content (AvgIpc) is 3.28. The molecule has 1 spiro atoms. The molecule has 3 fully saturated rings. The summed E-state index contributed by atoms with van der Waals surface area (Å²) in [4.78, 5) is 18.2. The van der Waals surface area contributed by atoms with E-state index in [4.69, 9.17) is 5.73 Å². The van der Waals surface area contributed by atoms with Gasteiger partial charge in [-0.1, -0.05) is 24.3 Å². The zero-order valence-corrected chi connectivity index (χ0v) is 20.4. The SMILES string of the molecule is CC1N(CCN)CC2Cc3ccc(O)cc3C23C2CCC13CCC2N(C)C(=O)c1ccccc1. The second kappa shape index (κ2) is 7.82. The van der Waals surface area contributed by atoms with Crippen LogP contribution in [0.25, 0.3) is 0 Å². The molecule has 2 saturated carbocycles. The summed E-state index contributed by atoms with van der Waals surface area (Å²) in [5.74, 6) is 1.41. The van der Waals surface area contributed by atoms with E-state index in [1.807, 2.05) is 43.4 Å². The number of phenolic OH excluding ortho intramolecular Hbond substituents is 1. The number of rotatable bonds is 4. The molecule has 0 aromatic heterocycles. The quantitative estimate of drug-likeness (QED) is 0.730. The van der Waals surface area contributed by atoms with Crippen LogP contribution < -0.4 is 5.73 Å². The van der Waals surface area contributed by atoms with Crippen LogP contribution in [0.5, 0.6) is 5.75 Å². The molecule has 34 heavy (non-hydrogen) atoms. The molecule has 2 aromatic rings. The Morgan fingerprint density at radius 1 is 1.18 bits per heavy atom. The van der Waals surface area contributed by atoms with Crippen molar-refractivity contribution in [1.82, 2.24) is 9.80 Å². The van der Waals surface area contributed by atoms with Gasteiger partial charge >= 0.3 is 0 Å². The maximum absolute atomic E-state index is 13.5. The summed E-state index contributed by atoms with van der Waals surface area (Å²) in [6, 6.07) is 16.5. The number of piperidine rings is 1. The molecule has 1 aliphatic heterocycles. The number of hydrogen-bond donors (Lipinski definition) is 2. The Hall–Kier alpha value is -2.37. The van der Waals surface area contributed by atoms with Gasteiger partial charge < -0.3 is 15.7 Å². The fraction of sp³-hybridized carbons (Fsp3) is 0.552. The monoisotopic (exact) mass is 459 g/mol. The highest BCUT2D eigenvalue weighted by Gasteiger charge is 2.73. The van der Waals surface area contributed by atoms with Crippen LogP contribution in [-0.4, -0.2) is 59.6 Å². The topological polar surface area (TPSA) is 69.8 Å². The van der Waals surface area contributed by atoms with Crippen LogP contribution in [0.3, 0.4) is 0 Å². The Labute approximate surface area is 202 Å². The third kappa shape index (κ3) is 2.71. The van der Waals surface area contributed by atoms with E-state index >= 15 is 0 Å². The Morgan fingerprint density at radius 3 is 2.71 bits per heavy atom. The largest absolute Gasteiger partial charge is 0.508 e. The number of likely N-dealkylation sites (tertiary alicyclic amines) is 1. The Kier molecular flexibility index (Phi) is 5.09. The van der Waals surface area contributed by atoms with Gasteiger partial charge in [-0.3, -0.25) is 9.69 Å². The Balaban J connectivity index is 1.47. The summed E-state index contributed by atoms with van der Waals surface area (Å²) in [6.07, 6.45) is 5.56. The predicted octanol–water partition coefficient (Wildman–Crippen LogP) is 3.80. The zero-order valence-electron chi connectivity index (χ0n) is 20.4. The lowest BCUT2D eigenvalue weighted by atomic mass is 9.45. The molecule has 2 aromatic carbocycles. The number of phenols is 1. The first-order valence-corrected chi connectivity index (χ1v) is 13.0. The number of hydrogen-bond acceptors (Lipinski definition) is 4. The molecule has 5 heteroatoms. The maximum atomic E-state index is 13.5. The van der Waals surface area contributed by atoms with Gasteiger partial charge in [0.2, 0.25) is 0 Å². The van der Waals surface area contributed by atoms with Crippen LogP contribution in [0.2, 0.25) is 0 Å². The molecule has 4 aliphatic rings. The van der Waals surface area contributed by atoms with E-state index in [0.717, 1.165) is 44.3 Å². The van der Waals surface area contributed by atoms with Gasteiger partial charge in [0.1, 0.15) is 5.75 Å². The van der Waals surface area contributed by atoms with E-state index in [2.05, 4.69) is 28.9 Å². The van der Waals surface area contributed by atoms with Crippen molar-refractivity contribution in [3.63, 3.8) is 0 Å². The van der Waals surface area contributed by atoms with Gasteiger partial charge in [-0.05, 0) is 91.7 Å². The molecule has 2 bridgehead atoms. The van der Waals surface area contributed by atoms with E-state index in [1.165, 1.54) is 17.5 Å². The Bertz CT molecular complexity index is 1100. The normalized spacial score (nSPS) is 36.0. The van der Waals surface area contributed by atoms with Crippen LogP contribution in [0.15, 0.2) is 48.5 Å². The van der Waals surface area contributed by atoms with Gasteiger partial charge in [-0.25, -0.2) is 0 Å². The highest BCUT2D eigenvalue weighted by Crippen LogP contribution is 2.74. The van der Waals surface area contributed by atoms with Gasteiger partial charge in [0, 0.05) is 49.7 Å². The van der Waals surface area contributed by atoms with Crippen molar-refractivity contribution in [3.8, 4) is 5.75 Å². The number of carbonyl (C=O) groups excluding carboxylic acids is 1. The lowest BCUT2D eigenvalue weighted by molar-refractivity contribution is -0.114. The minimum Gasteiger partial charge on any atom is -0.508 e. The van der Waals surface area contributed by atoms with Gasteiger partial charge in [-0.15, -0.1) is 0 Å². The van der Waals surface area contributed by atoms with Gasteiger partial charge in [0.15, 0.2) is 0 Å². The molecule has 6 unspecified atom stereocenters. The molecular weight excluding hydrogens is 422 g/mol. The second-order valence-corrected chi connectivity index (χ2v) is 11.3. The second-order valence-electron chi connectivity index (χ2n) is 11.3. The highest BCUT2D eigenvalue weighted by molar-refractivity contribution is 5.94. The molecule has 5 nitrogen and oxygen atoms in total. The third-order valence-electron chi connectivity index (χ3n) is 10.4. The number of carbonyl (C=O) groups is 1. The molecule has 6 atom stereocenters. The molecule has 1 heterocycles.